The van der Waals surface area contributed by atoms with E-state index in [9.17, 15) is 22.8 Å². The summed E-state index contributed by atoms with van der Waals surface area (Å²) in [5.74, 6) is -3.02. The molecule has 0 spiro atoms. The fourth-order valence-electron chi connectivity index (χ4n) is 4.27. The van der Waals surface area contributed by atoms with Gasteiger partial charge in [0.05, 0.1) is 19.4 Å². The van der Waals surface area contributed by atoms with Gasteiger partial charge in [-0.15, -0.1) is 0 Å². The van der Waals surface area contributed by atoms with E-state index in [1.165, 1.54) is 0 Å². The normalized spacial score (nSPS) is 21.1. The van der Waals surface area contributed by atoms with Crippen LogP contribution >= 0.6 is 11.6 Å². The summed E-state index contributed by atoms with van der Waals surface area (Å²) in [5, 5.41) is 3.21. The maximum absolute atomic E-state index is 13.3. The predicted molar refractivity (Wildman–Crippen MR) is 116 cm³/mol. The lowest BCUT2D eigenvalue weighted by Gasteiger charge is -2.39. The third-order valence-electron chi connectivity index (χ3n) is 6.05. The Labute approximate surface area is 190 Å². The van der Waals surface area contributed by atoms with Crippen molar-refractivity contribution in [2.75, 3.05) is 7.11 Å². The first-order valence-electron chi connectivity index (χ1n) is 10.4. The molecule has 2 aromatic rings. The Balaban J connectivity index is 1.81. The molecule has 0 aliphatic heterocycles. The highest BCUT2D eigenvalue weighted by molar-refractivity contribution is 6.30. The minimum absolute atomic E-state index is 0.0668. The molecule has 1 N–H and O–H groups in total. The highest BCUT2D eigenvalue weighted by Crippen LogP contribution is 2.42. The fourth-order valence-corrected chi connectivity index (χ4v) is 4.39. The minimum atomic E-state index is -4.44. The third kappa shape index (κ3) is 5.44. The quantitative estimate of drug-likeness (QED) is 0.579. The molecule has 3 rings (SSSR count). The monoisotopic (exact) mass is 467 g/mol. The molecule has 1 aliphatic carbocycles. The van der Waals surface area contributed by atoms with Crippen molar-refractivity contribution < 1.29 is 27.5 Å². The second-order valence-electron chi connectivity index (χ2n) is 8.28. The van der Waals surface area contributed by atoms with Crippen LogP contribution < -0.4 is 5.32 Å². The number of hydrogen-bond donors (Lipinski definition) is 1. The molecule has 0 aromatic heterocycles. The zero-order valence-electron chi connectivity index (χ0n) is 17.9. The number of nitrogens with one attached hydrogen (secondary N) is 1. The average Bonchev–Trinajstić information content (AvgIpc) is 2.74. The Morgan fingerprint density at radius 1 is 1.16 bits per heavy atom. The maximum atomic E-state index is 13.3. The summed E-state index contributed by atoms with van der Waals surface area (Å²) in [4.78, 5) is 25.4. The average molecular weight is 468 g/mol. The van der Waals surface area contributed by atoms with Crippen LogP contribution in [0, 0.1) is 12.8 Å². The molecule has 32 heavy (non-hydrogen) atoms. The lowest BCUT2D eigenvalue weighted by atomic mass is 9.75. The van der Waals surface area contributed by atoms with Gasteiger partial charge in [-0.1, -0.05) is 41.9 Å². The van der Waals surface area contributed by atoms with Crippen LogP contribution in [0.4, 0.5) is 13.2 Å². The van der Waals surface area contributed by atoms with E-state index in [1.54, 1.807) is 12.1 Å². The van der Waals surface area contributed by atoms with Gasteiger partial charge in [0.25, 0.3) is 0 Å². The number of carbonyl (C=O) groups excluding carboxylic acids is 2. The van der Waals surface area contributed by atoms with E-state index in [0.29, 0.717) is 5.02 Å². The van der Waals surface area contributed by atoms with E-state index in [2.05, 4.69) is 5.32 Å². The van der Waals surface area contributed by atoms with Crippen LogP contribution in [0.5, 0.6) is 0 Å². The van der Waals surface area contributed by atoms with Crippen molar-refractivity contribution in [1.29, 1.82) is 0 Å². The molecule has 0 heterocycles. The first-order valence-corrected chi connectivity index (χ1v) is 10.7. The maximum Gasteiger partial charge on any atom is 0.391 e. The van der Waals surface area contributed by atoms with Gasteiger partial charge in [0, 0.05) is 5.02 Å². The van der Waals surface area contributed by atoms with Gasteiger partial charge in [-0.3, -0.25) is 4.79 Å². The topological polar surface area (TPSA) is 55.4 Å². The van der Waals surface area contributed by atoms with Crippen LogP contribution in [0.1, 0.15) is 36.8 Å². The van der Waals surface area contributed by atoms with Gasteiger partial charge in [0.15, 0.2) is 0 Å². The van der Waals surface area contributed by atoms with E-state index in [0.717, 1.165) is 29.4 Å². The second kappa shape index (κ2) is 9.53. The van der Waals surface area contributed by atoms with Crippen LogP contribution in [0.15, 0.2) is 42.5 Å². The van der Waals surface area contributed by atoms with Crippen molar-refractivity contribution >= 4 is 23.5 Å². The number of hydrogen-bond acceptors (Lipinski definition) is 3. The molecule has 0 radical (unpaired) electrons. The number of benzene rings is 2. The Bertz CT molecular complexity index is 991. The fraction of sp³-hybridized carbons (Fsp3) is 0.417. The number of methoxy groups -OCH3 is 1. The highest BCUT2D eigenvalue weighted by atomic mass is 35.5. The number of amides is 1. The van der Waals surface area contributed by atoms with Crippen molar-refractivity contribution in [1.82, 2.24) is 5.32 Å². The van der Waals surface area contributed by atoms with E-state index < -0.39 is 35.9 Å². The predicted octanol–water partition coefficient (Wildman–Crippen LogP) is 5.64. The molecule has 172 valence electrons. The lowest BCUT2D eigenvalue weighted by molar-refractivity contribution is -0.192. The number of aryl methyl sites for hydroxylation is 1. The van der Waals surface area contributed by atoms with Crippen LogP contribution in [-0.4, -0.2) is 30.7 Å². The Kier molecular flexibility index (Phi) is 7.18. The van der Waals surface area contributed by atoms with Gasteiger partial charge >= 0.3 is 12.1 Å². The van der Waals surface area contributed by atoms with E-state index >= 15 is 0 Å². The Morgan fingerprint density at radius 3 is 2.44 bits per heavy atom. The van der Waals surface area contributed by atoms with Crippen molar-refractivity contribution in [2.45, 2.75) is 50.7 Å². The van der Waals surface area contributed by atoms with Crippen molar-refractivity contribution in [2.24, 2.45) is 5.92 Å². The zero-order valence-corrected chi connectivity index (χ0v) is 18.6. The molecular weight excluding hydrogens is 443 g/mol. The van der Waals surface area contributed by atoms with Crippen molar-refractivity contribution in [3.05, 3.63) is 58.6 Å². The van der Waals surface area contributed by atoms with Gasteiger partial charge in [0.1, 0.15) is 5.54 Å². The summed E-state index contributed by atoms with van der Waals surface area (Å²) >= 11 is 5.94. The summed E-state index contributed by atoms with van der Waals surface area (Å²) in [5.41, 5.74) is 1.71. The summed E-state index contributed by atoms with van der Waals surface area (Å²) in [7, 11) is 1.12. The number of esters is 1. The van der Waals surface area contributed by atoms with Crippen LogP contribution in [0.2, 0.25) is 5.02 Å². The van der Waals surface area contributed by atoms with Crippen molar-refractivity contribution in [3.63, 3.8) is 0 Å². The first-order chi connectivity index (χ1) is 15.0. The molecule has 8 heteroatoms. The minimum Gasteiger partial charge on any atom is -0.467 e. The summed E-state index contributed by atoms with van der Waals surface area (Å²) in [6.07, 6.45) is -4.80. The number of halogens is 4. The third-order valence-corrected chi connectivity index (χ3v) is 6.30. The van der Waals surface area contributed by atoms with E-state index in [-0.39, 0.29) is 25.7 Å². The van der Waals surface area contributed by atoms with Gasteiger partial charge < -0.3 is 10.1 Å². The molecule has 1 amide bonds. The molecule has 1 saturated carbocycles. The van der Waals surface area contributed by atoms with Gasteiger partial charge in [-0.25, -0.2) is 4.79 Å². The Hall–Kier alpha value is -2.54. The van der Waals surface area contributed by atoms with Crippen LogP contribution in [0.25, 0.3) is 11.1 Å². The number of rotatable bonds is 5. The number of carbonyl (C=O) groups is 2. The van der Waals surface area contributed by atoms with Crippen molar-refractivity contribution in [3.8, 4) is 11.1 Å². The number of ether oxygens (including phenoxy) is 1. The van der Waals surface area contributed by atoms with Gasteiger partial charge in [-0.2, -0.15) is 13.2 Å². The van der Waals surface area contributed by atoms with Crippen LogP contribution in [0.3, 0.4) is 0 Å². The van der Waals surface area contributed by atoms with Gasteiger partial charge in [0.2, 0.25) is 5.91 Å². The zero-order chi connectivity index (χ0) is 23.5. The van der Waals surface area contributed by atoms with Gasteiger partial charge in [-0.05, 0) is 67.0 Å². The first kappa shape index (κ1) is 24.1. The second-order valence-corrected chi connectivity index (χ2v) is 8.72. The Morgan fingerprint density at radius 2 is 1.81 bits per heavy atom. The molecule has 0 unspecified atom stereocenters. The highest BCUT2D eigenvalue weighted by Gasteiger charge is 2.52. The molecule has 1 fully saturated rings. The molecule has 0 bridgehead atoms. The molecule has 2 aromatic carbocycles. The standard InChI is InChI=1S/C24H25ClF3NO3/c1-15-5-6-17(16-7-9-20(25)10-8-16)12-18(15)13-21(30)29-23(22(31)32-2)11-3-4-19(14-23)24(26,27)28/h5-10,12,19H,3-4,11,13-14H2,1-2H3,(H,29,30)/t19-,23-/m0/s1. The SMILES string of the molecule is COC(=O)[C@]1(NC(=O)Cc2cc(-c3ccc(Cl)cc3)ccc2C)CCC[C@H](C(F)(F)F)C1. The molecule has 0 saturated heterocycles. The summed E-state index contributed by atoms with van der Waals surface area (Å²) < 4.78 is 44.8. The molecule has 1 aliphatic rings. The molecule has 4 nitrogen and oxygen atoms in total. The smallest absolute Gasteiger partial charge is 0.391 e. The van der Waals surface area contributed by atoms with Crippen LogP contribution in [-0.2, 0) is 20.7 Å². The molecular formula is C24H25ClF3NO3. The summed E-state index contributed by atoms with van der Waals surface area (Å²) in [6, 6.07) is 12.9. The van der Waals surface area contributed by atoms with E-state index in [4.69, 9.17) is 16.3 Å². The van der Waals surface area contributed by atoms with E-state index in [1.807, 2.05) is 37.3 Å². The lowest BCUT2D eigenvalue weighted by Crippen LogP contribution is -2.59. The molecule has 2 atom stereocenters. The largest absolute Gasteiger partial charge is 0.467 e. The summed E-state index contributed by atoms with van der Waals surface area (Å²) in [6.45, 7) is 1.85. The number of alkyl halides is 3.